The second kappa shape index (κ2) is 8.54. The van der Waals surface area contributed by atoms with Crippen LogP contribution in [0.3, 0.4) is 0 Å². The van der Waals surface area contributed by atoms with E-state index in [0.717, 1.165) is 0 Å². The summed E-state index contributed by atoms with van der Waals surface area (Å²) in [5, 5.41) is 0. The summed E-state index contributed by atoms with van der Waals surface area (Å²) in [6, 6.07) is -1.84. The number of halogens is 17. The Bertz CT molecular complexity index is 685. The molecule has 0 radical (unpaired) electrons. The van der Waals surface area contributed by atoms with E-state index < -0.39 is 68.9 Å². The smallest absolute Gasteiger partial charge is 0.390 e. The molecule has 0 rings (SSSR count). The predicted octanol–water partition coefficient (Wildman–Crippen LogP) is 5.61. The Hall–Kier alpha value is -1.09. The van der Waals surface area contributed by atoms with Crippen LogP contribution in [-0.4, -0.2) is 75.5 Å². The van der Waals surface area contributed by atoms with Gasteiger partial charge in [0.25, 0.3) is 0 Å². The molecule has 33 heavy (non-hydrogen) atoms. The maximum absolute atomic E-state index is 13.6. The van der Waals surface area contributed by atoms with Crippen LogP contribution in [-0.2, 0) is 8.85 Å². The van der Waals surface area contributed by atoms with Gasteiger partial charge in [-0.3, -0.25) is 0 Å². The lowest BCUT2D eigenvalue weighted by Crippen LogP contribution is -2.74. The number of hydrogen-bond donors (Lipinski definition) is 1. The number of alkyl halides is 17. The molecular weight excluding hydrogens is 543 g/mol. The lowest BCUT2D eigenvalue weighted by atomic mass is 9.88. The highest BCUT2D eigenvalue weighted by Gasteiger charge is 2.95. The minimum absolute atomic E-state index is 0.512. The van der Waals surface area contributed by atoms with E-state index in [1.54, 1.807) is 0 Å². The van der Waals surface area contributed by atoms with Gasteiger partial charge < -0.3 is 13.6 Å². The molecule has 0 heterocycles. The van der Waals surface area contributed by atoms with Gasteiger partial charge in [0, 0.05) is 26.7 Å². The fourth-order valence-corrected chi connectivity index (χ4v) is 3.16. The molecule has 0 aromatic rings. The Morgan fingerprint density at radius 1 is 0.515 bits per heavy atom. The van der Waals surface area contributed by atoms with Crippen LogP contribution in [0.5, 0.6) is 0 Å². The maximum Gasteiger partial charge on any atom is 0.497 e. The fraction of sp³-hybridized carbons (Fsp3) is 1.00. The van der Waals surface area contributed by atoms with E-state index in [2.05, 4.69) is 8.85 Å². The molecule has 0 aliphatic carbocycles. The lowest BCUT2D eigenvalue weighted by Gasteiger charge is -2.43. The summed E-state index contributed by atoms with van der Waals surface area (Å²) in [5.41, 5.74) is 0. The van der Waals surface area contributed by atoms with Crippen molar-refractivity contribution in [2.75, 3.05) is 14.2 Å². The van der Waals surface area contributed by atoms with Gasteiger partial charge in [-0.25, -0.2) is 0 Å². The van der Waals surface area contributed by atoms with Crippen LogP contribution in [0.15, 0.2) is 0 Å². The van der Waals surface area contributed by atoms with Gasteiger partial charge >= 0.3 is 56.4 Å². The standard InChI is InChI=1S/C12H11F17O3Si/c1-31-33(30,32-2)4-3-5(13,14)6(15,16)7(17,18)8(19,20)9(21,22)10(23,24)11(25,26)12(27,28)29/h30H,3-4H2,1-2H3. The Labute approximate surface area is 172 Å². The Kier molecular flexibility index (Phi) is 8.25. The van der Waals surface area contributed by atoms with E-state index in [1.807, 2.05) is 0 Å². The molecule has 0 bridgehead atoms. The zero-order valence-electron chi connectivity index (χ0n) is 15.6. The zero-order valence-corrected chi connectivity index (χ0v) is 16.6. The first-order valence-corrected chi connectivity index (χ1v) is 9.59. The molecular formula is C12H11F17O3Si. The molecule has 0 amide bonds. The molecule has 0 fully saturated rings. The van der Waals surface area contributed by atoms with Crippen LogP contribution in [0.25, 0.3) is 0 Å². The average molecular weight is 554 g/mol. The summed E-state index contributed by atoms with van der Waals surface area (Å²) in [4.78, 5) is 9.39. The van der Waals surface area contributed by atoms with Crippen molar-refractivity contribution < 1.29 is 88.3 Å². The monoisotopic (exact) mass is 554 g/mol. The Balaban J connectivity index is 6.53. The van der Waals surface area contributed by atoms with Crippen LogP contribution in [0, 0.1) is 0 Å². The minimum Gasteiger partial charge on any atom is -0.390 e. The molecule has 0 aliphatic heterocycles. The van der Waals surface area contributed by atoms with Crippen molar-refractivity contribution in [3.05, 3.63) is 0 Å². The minimum atomic E-state index is -8.67. The van der Waals surface area contributed by atoms with Gasteiger partial charge in [-0.2, -0.15) is 74.6 Å². The highest BCUT2D eigenvalue weighted by atomic mass is 28.4. The molecule has 3 nitrogen and oxygen atoms in total. The van der Waals surface area contributed by atoms with Crippen molar-refractivity contribution in [2.24, 2.45) is 0 Å². The predicted molar refractivity (Wildman–Crippen MR) is 72.1 cm³/mol. The molecule has 0 aromatic carbocycles. The van der Waals surface area contributed by atoms with Gasteiger partial charge in [0.05, 0.1) is 0 Å². The summed E-state index contributed by atoms with van der Waals surface area (Å²) in [5.74, 6) is -56.8. The first-order chi connectivity index (χ1) is 14.1. The van der Waals surface area contributed by atoms with Crippen LogP contribution in [0.1, 0.15) is 6.42 Å². The highest BCUT2D eigenvalue weighted by Crippen LogP contribution is 2.64. The maximum atomic E-state index is 13.6. The normalized spacial score (nSPS) is 16.4. The Morgan fingerprint density at radius 3 is 1.06 bits per heavy atom. The van der Waals surface area contributed by atoms with E-state index in [4.69, 9.17) is 0 Å². The van der Waals surface area contributed by atoms with Crippen molar-refractivity contribution in [1.29, 1.82) is 0 Å². The third-order valence-electron chi connectivity index (χ3n) is 4.18. The first kappa shape index (κ1) is 31.9. The van der Waals surface area contributed by atoms with Crippen LogP contribution < -0.4 is 0 Å². The summed E-state index contributed by atoms with van der Waals surface area (Å²) in [7, 11) is -3.82. The SMILES string of the molecule is CO[Si](O)(CCC(F)(F)C(F)(F)C(F)(F)C(F)(F)C(F)(F)C(F)(F)C(F)(F)C(F)(F)F)OC. The zero-order chi connectivity index (χ0) is 27.3. The fourth-order valence-electron chi connectivity index (χ4n) is 1.96. The van der Waals surface area contributed by atoms with Gasteiger partial charge in [0.1, 0.15) is 0 Å². The van der Waals surface area contributed by atoms with E-state index in [9.17, 15) is 79.4 Å². The molecule has 200 valence electrons. The average Bonchev–Trinajstić information content (AvgIpc) is 2.64. The summed E-state index contributed by atoms with van der Waals surface area (Å²) in [6.07, 6.45) is -10.6. The van der Waals surface area contributed by atoms with Gasteiger partial charge in [-0.05, 0) is 0 Å². The van der Waals surface area contributed by atoms with Gasteiger partial charge in [0.2, 0.25) is 0 Å². The third kappa shape index (κ3) is 4.60. The van der Waals surface area contributed by atoms with Crippen LogP contribution in [0.2, 0.25) is 6.04 Å². The van der Waals surface area contributed by atoms with Crippen molar-refractivity contribution in [1.82, 2.24) is 0 Å². The highest BCUT2D eigenvalue weighted by molar-refractivity contribution is 6.59. The van der Waals surface area contributed by atoms with Crippen LogP contribution in [0.4, 0.5) is 74.6 Å². The van der Waals surface area contributed by atoms with Crippen molar-refractivity contribution in [3.63, 3.8) is 0 Å². The summed E-state index contributed by atoms with van der Waals surface area (Å²) in [6.45, 7) is 0. The van der Waals surface area contributed by atoms with E-state index >= 15 is 0 Å². The first-order valence-electron chi connectivity index (χ1n) is 7.62. The van der Waals surface area contributed by atoms with Gasteiger partial charge in [-0.1, -0.05) is 0 Å². The molecule has 21 heteroatoms. The second-order valence-electron chi connectivity index (χ2n) is 6.27. The molecule has 0 saturated carbocycles. The topological polar surface area (TPSA) is 38.7 Å². The molecule has 0 atom stereocenters. The summed E-state index contributed by atoms with van der Waals surface area (Å²) < 4.78 is 230. The molecule has 0 aliphatic rings. The molecule has 0 unspecified atom stereocenters. The van der Waals surface area contributed by atoms with Crippen molar-refractivity contribution >= 4 is 8.80 Å². The van der Waals surface area contributed by atoms with Crippen LogP contribution >= 0.6 is 0 Å². The summed E-state index contributed by atoms with van der Waals surface area (Å²) >= 11 is 0. The number of hydrogen-bond acceptors (Lipinski definition) is 3. The third-order valence-corrected chi connectivity index (χ3v) is 6.34. The van der Waals surface area contributed by atoms with Gasteiger partial charge in [-0.15, -0.1) is 0 Å². The Morgan fingerprint density at radius 2 is 0.788 bits per heavy atom. The lowest BCUT2D eigenvalue weighted by molar-refractivity contribution is -0.461. The second-order valence-corrected chi connectivity index (χ2v) is 9.01. The molecule has 1 N–H and O–H groups in total. The quantitative estimate of drug-likeness (QED) is 0.267. The van der Waals surface area contributed by atoms with E-state index in [-0.39, 0.29) is 0 Å². The number of rotatable bonds is 11. The van der Waals surface area contributed by atoms with E-state index in [1.165, 1.54) is 0 Å². The van der Waals surface area contributed by atoms with Gasteiger partial charge in [0.15, 0.2) is 0 Å². The molecule has 0 aromatic heterocycles. The van der Waals surface area contributed by atoms with E-state index in [0.29, 0.717) is 14.2 Å². The molecule has 0 spiro atoms. The van der Waals surface area contributed by atoms with Crippen molar-refractivity contribution in [2.45, 2.75) is 60.1 Å². The molecule has 0 saturated heterocycles. The largest absolute Gasteiger partial charge is 0.497 e. The van der Waals surface area contributed by atoms with Crippen molar-refractivity contribution in [3.8, 4) is 0 Å².